The summed E-state index contributed by atoms with van der Waals surface area (Å²) in [5.74, 6) is 0.761. The van der Waals surface area contributed by atoms with Gasteiger partial charge in [0.2, 0.25) is 6.41 Å². The quantitative estimate of drug-likeness (QED) is 0.220. The Morgan fingerprint density at radius 2 is 1.97 bits per heavy atom. The first kappa shape index (κ1) is 24.1. The molecular weight excluding hydrogens is 364 g/mol. The van der Waals surface area contributed by atoms with Crippen LogP contribution in [-0.4, -0.2) is 62.8 Å². The van der Waals surface area contributed by atoms with Crippen molar-refractivity contribution in [3.05, 3.63) is 53.8 Å². The fourth-order valence-electron chi connectivity index (χ4n) is 2.97. The number of allylic oxidation sites excluding steroid dienone is 5. The Labute approximate surface area is 174 Å². The Balaban J connectivity index is 2.66. The van der Waals surface area contributed by atoms with E-state index < -0.39 is 0 Å². The summed E-state index contributed by atoms with van der Waals surface area (Å²) in [5, 5.41) is 16.7. The van der Waals surface area contributed by atoms with E-state index in [-0.39, 0.29) is 6.04 Å². The van der Waals surface area contributed by atoms with Crippen LogP contribution in [0.3, 0.4) is 0 Å². The van der Waals surface area contributed by atoms with E-state index in [9.17, 15) is 4.79 Å². The Bertz CT molecular complexity index is 726. The Kier molecular flexibility index (Phi) is 11.7. The molecule has 0 bridgehead atoms. The number of carbonyl (C=O) groups is 1. The van der Waals surface area contributed by atoms with Crippen LogP contribution in [0.4, 0.5) is 11.5 Å². The molecule has 0 aliphatic rings. The molecule has 7 heteroatoms. The van der Waals surface area contributed by atoms with Gasteiger partial charge >= 0.3 is 0 Å². The van der Waals surface area contributed by atoms with E-state index >= 15 is 0 Å². The average Bonchev–Trinajstić information content (AvgIpc) is 2.72. The number of likely N-dealkylation sites (N-methyl/N-ethyl adjacent to an activating group) is 1. The lowest BCUT2D eigenvalue weighted by Gasteiger charge is -2.22. The molecule has 1 atom stereocenters. The molecule has 1 aromatic rings. The molecule has 7 nitrogen and oxygen atoms in total. The van der Waals surface area contributed by atoms with E-state index in [1.165, 1.54) is 6.21 Å². The van der Waals surface area contributed by atoms with Crippen molar-refractivity contribution in [2.24, 2.45) is 0 Å². The maximum absolute atomic E-state index is 10.9. The van der Waals surface area contributed by atoms with Crippen molar-refractivity contribution in [2.45, 2.75) is 25.8 Å². The van der Waals surface area contributed by atoms with E-state index in [1.807, 2.05) is 70.6 Å². The number of aryl methyl sites for hydroxylation is 1. The first-order valence-electron chi connectivity index (χ1n) is 9.83. The highest BCUT2D eigenvalue weighted by Crippen LogP contribution is 2.22. The Morgan fingerprint density at radius 3 is 2.59 bits per heavy atom. The molecule has 0 aliphatic carbocycles. The van der Waals surface area contributed by atoms with Crippen LogP contribution in [0.2, 0.25) is 0 Å². The Morgan fingerprint density at radius 1 is 1.21 bits per heavy atom. The first-order valence-corrected chi connectivity index (χ1v) is 9.83. The number of aromatic nitrogens is 1. The van der Waals surface area contributed by atoms with Crippen molar-refractivity contribution in [3.8, 4) is 0 Å². The monoisotopic (exact) mass is 398 g/mol. The van der Waals surface area contributed by atoms with Gasteiger partial charge in [0.25, 0.3) is 0 Å². The van der Waals surface area contributed by atoms with Gasteiger partial charge in [-0.2, -0.15) is 0 Å². The normalized spacial score (nSPS) is 12.7. The predicted octanol–water partition coefficient (Wildman–Crippen LogP) is 2.83. The summed E-state index contributed by atoms with van der Waals surface area (Å²) in [6.45, 7) is 3.56. The van der Waals surface area contributed by atoms with Crippen LogP contribution >= 0.6 is 0 Å². The largest absolute Gasteiger partial charge is 0.386 e. The summed E-state index contributed by atoms with van der Waals surface area (Å²) in [6.07, 6.45) is 15.5. The topological polar surface area (TPSA) is 93.1 Å². The maximum Gasteiger partial charge on any atom is 0.207 e. The van der Waals surface area contributed by atoms with E-state index in [2.05, 4.69) is 25.8 Å². The number of nitrogens with zero attached hydrogens (tertiary/aromatic N) is 2. The minimum Gasteiger partial charge on any atom is -0.386 e. The van der Waals surface area contributed by atoms with E-state index in [4.69, 9.17) is 5.41 Å². The van der Waals surface area contributed by atoms with Gasteiger partial charge in [-0.1, -0.05) is 36.5 Å². The highest BCUT2D eigenvalue weighted by molar-refractivity contribution is 5.87. The van der Waals surface area contributed by atoms with Gasteiger partial charge in [-0.15, -0.1) is 0 Å². The minimum atomic E-state index is -0.0455. The molecular formula is C22H34N6O. The second kappa shape index (κ2) is 14.1. The van der Waals surface area contributed by atoms with Crippen LogP contribution in [-0.2, 0) is 11.2 Å². The SMILES string of the molecule is C\C=C/C=C\C=C\[C@@H](CN(C)CCCc1nc(NC)cc(C=N)c1NC)NC=O. The number of hydrogen-bond donors (Lipinski definition) is 4. The number of hydrogen-bond acceptors (Lipinski definition) is 6. The van der Waals surface area contributed by atoms with Crippen molar-refractivity contribution >= 4 is 24.1 Å². The van der Waals surface area contributed by atoms with Gasteiger partial charge in [-0.05, 0) is 39.4 Å². The highest BCUT2D eigenvalue weighted by atomic mass is 16.1. The van der Waals surface area contributed by atoms with Crippen LogP contribution in [0.5, 0.6) is 0 Å². The summed E-state index contributed by atoms with van der Waals surface area (Å²) in [4.78, 5) is 17.7. The van der Waals surface area contributed by atoms with Crippen LogP contribution in [0.25, 0.3) is 0 Å². The third-order valence-corrected chi connectivity index (χ3v) is 4.40. The third kappa shape index (κ3) is 8.74. The standard InChI is InChI=1S/C22H34N6O/c1-5-6-7-8-9-11-19(26-17-29)16-28(4)13-10-12-20-22(25-3)18(15-23)14-21(24-2)27-20/h5-9,11,14-15,17,19,23,25H,10,12-13,16H2,1-4H3,(H,24,27)(H,26,29)/b6-5-,8-7-,11-9+,23-15?/t19-/m0/s1. The lowest BCUT2D eigenvalue weighted by atomic mass is 10.1. The molecule has 0 spiro atoms. The van der Waals surface area contributed by atoms with Crippen LogP contribution < -0.4 is 16.0 Å². The maximum atomic E-state index is 10.9. The molecule has 0 fully saturated rings. The minimum absolute atomic E-state index is 0.0455. The molecule has 1 amide bonds. The molecule has 0 saturated carbocycles. The zero-order chi connectivity index (χ0) is 21.5. The van der Waals surface area contributed by atoms with Gasteiger partial charge in [0.15, 0.2) is 0 Å². The van der Waals surface area contributed by atoms with Gasteiger partial charge in [0.1, 0.15) is 5.82 Å². The van der Waals surface area contributed by atoms with Crippen molar-refractivity contribution in [1.82, 2.24) is 15.2 Å². The second-order valence-corrected chi connectivity index (χ2v) is 6.62. The van der Waals surface area contributed by atoms with Gasteiger partial charge < -0.3 is 26.3 Å². The molecule has 29 heavy (non-hydrogen) atoms. The molecule has 158 valence electrons. The van der Waals surface area contributed by atoms with E-state index in [0.29, 0.717) is 0 Å². The highest BCUT2D eigenvalue weighted by Gasteiger charge is 2.11. The van der Waals surface area contributed by atoms with E-state index in [1.54, 1.807) is 0 Å². The average molecular weight is 399 g/mol. The smallest absolute Gasteiger partial charge is 0.207 e. The summed E-state index contributed by atoms with van der Waals surface area (Å²) in [6, 6.07) is 1.82. The molecule has 4 N–H and O–H groups in total. The number of amides is 1. The van der Waals surface area contributed by atoms with Crippen molar-refractivity contribution in [3.63, 3.8) is 0 Å². The summed E-state index contributed by atoms with van der Waals surface area (Å²) in [5.41, 5.74) is 2.67. The van der Waals surface area contributed by atoms with Crippen LogP contribution in [0.1, 0.15) is 24.6 Å². The fourth-order valence-corrected chi connectivity index (χ4v) is 2.97. The van der Waals surface area contributed by atoms with Crippen LogP contribution in [0.15, 0.2) is 42.5 Å². The van der Waals surface area contributed by atoms with Gasteiger partial charge in [-0.25, -0.2) is 4.98 Å². The zero-order valence-corrected chi connectivity index (χ0v) is 17.9. The molecule has 0 saturated heterocycles. The first-order chi connectivity index (χ1) is 14.1. The lowest BCUT2D eigenvalue weighted by Crippen LogP contribution is -2.38. The van der Waals surface area contributed by atoms with Crippen molar-refractivity contribution in [2.75, 3.05) is 44.9 Å². The number of rotatable bonds is 14. The zero-order valence-electron chi connectivity index (χ0n) is 17.9. The molecule has 1 rings (SSSR count). The number of carbonyl (C=O) groups excluding carboxylic acids is 1. The summed E-state index contributed by atoms with van der Waals surface area (Å²) < 4.78 is 0. The predicted molar refractivity (Wildman–Crippen MR) is 123 cm³/mol. The summed E-state index contributed by atoms with van der Waals surface area (Å²) >= 11 is 0. The second-order valence-electron chi connectivity index (χ2n) is 6.62. The molecule has 0 radical (unpaired) electrons. The lowest BCUT2D eigenvalue weighted by molar-refractivity contribution is -0.110. The Hall–Kier alpha value is -2.93. The fraction of sp³-hybridized carbons (Fsp3) is 0.409. The molecule has 1 aromatic heterocycles. The van der Waals surface area contributed by atoms with E-state index in [0.717, 1.165) is 55.1 Å². The molecule has 0 aliphatic heterocycles. The molecule has 0 unspecified atom stereocenters. The summed E-state index contributed by atoms with van der Waals surface area (Å²) in [7, 11) is 5.72. The van der Waals surface area contributed by atoms with Crippen molar-refractivity contribution < 1.29 is 4.79 Å². The van der Waals surface area contributed by atoms with Gasteiger partial charge in [0.05, 0.1) is 17.4 Å². The molecule has 0 aromatic carbocycles. The van der Waals surface area contributed by atoms with Crippen molar-refractivity contribution in [1.29, 1.82) is 5.41 Å². The van der Waals surface area contributed by atoms with Crippen LogP contribution in [0, 0.1) is 5.41 Å². The third-order valence-electron chi connectivity index (χ3n) is 4.40. The van der Waals surface area contributed by atoms with Gasteiger partial charge in [-0.3, -0.25) is 4.79 Å². The number of anilines is 2. The number of pyridine rings is 1. The number of nitrogens with one attached hydrogen (secondary N) is 4. The molecule has 1 heterocycles. The van der Waals surface area contributed by atoms with Gasteiger partial charge in [0, 0.05) is 32.4 Å².